The number of hydrogen-bond acceptors (Lipinski definition) is 1. The van der Waals surface area contributed by atoms with E-state index in [0.29, 0.717) is 35.8 Å². The Labute approximate surface area is 203 Å². The molecule has 0 saturated heterocycles. The summed E-state index contributed by atoms with van der Waals surface area (Å²) in [5, 5.41) is 0.553. The number of benzene rings is 2. The molecule has 1 unspecified atom stereocenters. The fourth-order valence-electron chi connectivity index (χ4n) is 3.65. The summed E-state index contributed by atoms with van der Waals surface area (Å²) in [6.45, 7) is 3.90. The molecule has 188 valence electrons. The lowest BCUT2D eigenvalue weighted by Crippen LogP contribution is -2.38. The van der Waals surface area contributed by atoms with Crippen LogP contribution in [-0.2, 0) is 25.4 Å². The highest BCUT2D eigenvalue weighted by Gasteiger charge is 2.38. The Morgan fingerprint density at radius 1 is 0.971 bits per heavy atom. The Balaban J connectivity index is 1.97. The Morgan fingerprint density at radius 2 is 1.60 bits per heavy atom. The molecule has 0 spiro atoms. The topological polar surface area (TPSA) is 25.2 Å². The first-order valence-corrected chi connectivity index (χ1v) is 11.2. The molecule has 0 bridgehead atoms. The minimum absolute atomic E-state index is 0.000990. The Kier molecular flexibility index (Phi) is 7.89. The van der Waals surface area contributed by atoms with Crippen molar-refractivity contribution in [2.45, 2.75) is 51.8 Å². The van der Waals surface area contributed by atoms with E-state index in [-0.39, 0.29) is 12.6 Å². The lowest BCUT2D eigenvalue weighted by atomic mass is 10.0. The second-order valence-electron chi connectivity index (χ2n) is 8.24. The number of halogens is 7. The third-order valence-electron chi connectivity index (χ3n) is 5.72. The molecule has 35 heavy (non-hydrogen) atoms. The van der Waals surface area contributed by atoms with Gasteiger partial charge in [-0.2, -0.15) is 26.3 Å². The van der Waals surface area contributed by atoms with Crippen molar-refractivity contribution >= 4 is 17.5 Å². The fourth-order valence-corrected chi connectivity index (χ4v) is 3.86. The summed E-state index contributed by atoms with van der Waals surface area (Å²) >= 11 is 6.05. The number of nitrogens with zero attached hydrogens (tertiary/aromatic N) is 2. The maximum Gasteiger partial charge on any atom is 0.416 e. The van der Waals surface area contributed by atoms with Gasteiger partial charge in [0.25, 0.3) is 5.91 Å². The van der Waals surface area contributed by atoms with Gasteiger partial charge >= 0.3 is 12.4 Å². The number of hydrogen-bond donors (Lipinski definition) is 0. The molecular weight excluding hydrogens is 494 g/mol. The average Bonchev–Trinajstić information content (AvgIpc) is 3.21. The van der Waals surface area contributed by atoms with Gasteiger partial charge in [0.05, 0.1) is 17.7 Å². The number of rotatable bonds is 7. The molecule has 3 rings (SSSR count). The predicted octanol–water partition coefficient (Wildman–Crippen LogP) is 7.67. The molecule has 1 heterocycles. The van der Waals surface area contributed by atoms with Crippen LogP contribution in [0.1, 0.15) is 53.0 Å². The van der Waals surface area contributed by atoms with Crippen molar-refractivity contribution in [3.05, 3.63) is 93.8 Å². The van der Waals surface area contributed by atoms with Gasteiger partial charge in [0.2, 0.25) is 0 Å². The number of carbonyl (C=O) groups excluding carboxylic acids is 1. The summed E-state index contributed by atoms with van der Waals surface area (Å²) in [4.78, 5) is 14.6. The SMILES string of the molecule is CCC(C)N(Cc1cccn1Cc1cccc(Cl)c1)C(=O)c1cc(C(F)(F)F)cc(C(F)(F)F)c1. The Bertz CT molecular complexity index is 1150. The van der Waals surface area contributed by atoms with Gasteiger partial charge in [-0.3, -0.25) is 4.79 Å². The Hall–Kier alpha value is -2.94. The maximum atomic E-state index is 13.3. The van der Waals surface area contributed by atoms with Crippen LogP contribution in [0.2, 0.25) is 5.02 Å². The van der Waals surface area contributed by atoms with E-state index in [4.69, 9.17) is 11.6 Å². The summed E-state index contributed by atoms with van der Waals surface area (Å²) < 4.78 is 81.7. The van der Waals surface area contributed by atoms with Crippen molar-refractivity contribution in [1.29, 1.82) is 0 Å². The molecule has 2 aromatic carbocycles. The average molecular weight is 517 g/mol. The molecule has 0 radical (unpaired) electrons. The number of alkyl halides is 6. The quantitative estimate of drug-likeness (QED) is 0.296. The fraction of sp³-hybridized carbons (Fsp3) is 0.320. The zero-order valence-corrected chi connectivity index (χ0v) is 19.7. The van der Waals surface area contributed by atoms with Gasteiger partial charge in [-0.05, 0) is 61.4 Å². The molecule has 0 N–H and O–H groups in total. The van der Waals surface area contributed by atoms with Crippen LogP contribution in [0.15, 0.2) is 60.8 Å². The van der Waals surface area contributed by atoms with E-state index < -0.39 is 41.0 Å². The molecule has 0 saturated carbocycles. The van der Waals surface area contributed by atoms with Crippen LogP contribution < -0.4 is 0 Å². The second kappa shape index (κ2) is 10.4. The highest BCUT2D eigenvalue weighted by Crippen LogP contribution is 2.36. The third kappa shape index (κ3) is 6.60. The van der Waals surface area contributed by atoms with E-state index in [1.807, 2.05) is 10.6 Å². The summed E-state index contributed by atoms with van der Waals surface area (Å²) in [5.74, 6) is -0.911. The van der Waals surface area contributed by atoms with E-state index >= 15 is 0 Å². The van der Waals surface area contributed by atoms with E-state index in [0.717, 1.165) is 5.56 Å². The van der Waals surface area contributed by atoms with Gasteiger partial charge in [0, 0.05) is 35.1 Å². The van der Waals surface area contributed by atoms with Gasteiger partial charge in [-0.15, -0.1) is 0 Å². The zero-order chi connectivity index (χ0) is 26.0. The third-order valence-corrected chi connectivity index (χ3v) is 5.95. The minimum atomic E-state index is -5.04. The van der Waals surface area contributed by atoms with Crippen LogP contribution in [0.3, 0.4) is 0 Å². The van der Waals surface area contributed by atoms with Gasteiger partial charge in [-0.1, -0.05) is 30.7 Å². The lowest BCUT2D eigenvalue weighted by Gasteiger charge is -2.30. The van der Waals surface area contributed by atoms with Crippen LogP contribution in [0, 0.1) is 0 Å². The van der Waals surface area contributed by atoms with Crippen LogP contribution in [-0.4, -0.2) is 21.4 Å². The molecule has 1 atom stereocenters. The summed E-state index contributed by atoms with van der Waals surface area (Å²) in [7, 11) is 0. The summed E-state index contributed by atoms with van der Waals surface area (Å²) in [5.41, 5.74) is -2.15. The van der Waals surface area contributed by atoms with E-state index in [1.165, 1.54) is 4.90 Å². The minimum Gasteiger partial charge on any atom is -0.345 e. The maximum absolute atomic E-state index is 13.3. The van der Waals surface area contributed by atoms with Crippen molar-refractivity contribution < 1.29 is 31.1 Å². The number of carbonyl (C=O) groups is 1. The highest BCUT2D eigenvalue weighted by atomic mass is 35.5. The first-order chi connectivity index (χ1) is 16.3. The second-order valence-corrected chi connectivity index (χ2v) is 8.68. The van der Waals surface area contributed by atoms with E-state index in [9.17, 15) is 31.1 Å². The molecule has 1 amide bonds. The predicted molar refractivity (Wildman–Crippen MR) is 121 cm³/mol. The molecule has 10 heteroatoms. The lowest BCUT2D eigenvalue weighted by molar-refractivity contribution is -0.143. The molecule has 3 aromatic rings. The number of amides is 1. The first kappa shape index (κ1) is 26.7. The first-order valence-electron chi connectivity index (χ1n) is 10.8. The van der Waals surface area contributed by atoms with Gasteiger partial charge in [0.15, 0.2) is 0 Å². The Morgan fingerprint density at radius 3 is 2.14 bits per heavy atom. The summed E-state index contributed by atoms with van der Waals surface area (Å²) in [6.07, 6.45) is -7.85. The highest BCUT2D eigenvalue weighted by molar-refractivity contribution is 6.30. The van der Waals surface area contributed by atoms with Crippen molar-refractivity contribution in [2.24, 2.45) is 0 Å². The molecule has 0 fully saturated rings. The molecule has 1 aromatic heterocycles. The summed E-state index contributed by atoms with van der Waals surface area (Å²) in [6, 6.07) is 11.2. The molecule has 0 aliphatic carbocycles. The molecule has 0 aliphatic rings. The van der Waals surface area contributed by atoms with Crippen LogP contribution in [0.25, 0.3) is 0 Å². The normalized spacial score (nSPS) is 13.1. The van der Waals surface area contributed by atoms with Crippen molar-refractivity contribution in [3.8, 4) is 0 Å². The van der Waals surface area contributed by atoms with Crippen LogP contribution in [0.4, 0.5) is 26.3 Å². The van der Waals surface area contributed by atoms with Crippen LogP contribution >= 0.6 is 11.6 Å². The smallest absolute Gasteiger partial charge is 0.345 e. The largest absolute Gasteiger partial charge is 0.416 e. The van der Waals surface area contributed by atoms with E-state index in [1.54, 1.807) is 50.4 Å². The van der Waals surface area contributed by atoms with Gasteiger partial charge in [-0.25, -0.2) is 0 Å². The van der Waals surface area contributed by atoms with Gasteiger partial charge < -0.3 is 9.47 Å². The van der Waals surface area contributed by atoms with E-state index in [2.05, 4.69) is 0 Å². The van der Waals surface area contributed by atoms with Gasteiger partial charge in [0.1, 0.15) is 0 Å². The molecule has 0 aliphatic heterocycles. The monoisotopic (exact) mass is 516 g/mol. The van der Waals surface area contributed by atoms with Crippen molar-refractivity contribution in [2.75, 3.05) is 0 Å². The van der Waals surface area contributed by atoms with Crippen molar-refractivity contribution in [3.63, 3.8) is 0 Å². The van der Waals surface area contributed by atoms with Crippen LogP contribution in [0.5, 0.6) is 0 Å². The van der Waals surface area contributed by atoms with Crippen molar-refractivity contribution in [1.82, 2.24) is 9.47 Å². The molecule has 3 nitrogen and oxygen atoms in total. The zero-order valence-electron chi connectivity index (χ0n) is 18.9. The standard InChI is InChI=1S/C25H23ClF6N2O/c1-3-16(2)34(15-22-8-5-9-33(22)14-17-6-4-7-21(26)10-17)23(35)18-11-19(24(27,28)29)13-20(12-18)25(30,31)32/h4-13,16H,3,14-15H2,1-2H3. The number of aromatic nitrogens is 1. The molecular formula is C25H23ClF6N2O.